The molecule has 1 aromatic rings. The monoisotopic (exact) mass is 185 g/mol. The molecule has 66 valence electrons. The van der Waals surface area contributed by atoms with Crippen molar-refractivity contribution in [1.82, 2.24) is 14.8 Å². The van der Waals surface area contributed by atoms with Crippen LogP contribution in [0.3, 0.4) is 0 Å². The molecule has 0 saturated carbocycles. The van der Waals surface area contributed by atoms with Gasteiger partial charge in [-0.1, -0.05) is 13.3 Å². The highest BCUT2D eigenvalue weighted by atomic mass is 32.1. The van der Waals surface area contributed by atoms with Crippen LogP contribution in [0.5, 0.6) is 0 Å². The summed E-state index contributed by atoms with van der Waals surface area (Å²) < 4.78 is 2.02. The Bertz CT molecular complexity index is 354. The molecule has 0 radical (unpaired) electrons. The van der Waals surface area contributed by atoms with Gasteiger partial charge in [-0.2, -0.15) is 5.10 Å². The molecule has 0 aliphatic heterocycles. The van der Waals surface area contributed by atoms with E-state index < -0.39 is 0 Å². The van der Waals surface area contributed by atoms with Gasteiger partial charge in [-0.05, 0) is 18.6 Å². The summed E-state index contributed by atoms with van der Waals surface area (Å²) in [7, 11) is 0. The molecule has 0 aliphatic carbocycles. The van der Waals surface area contributed by atoms with Crippen LogP contribution in [-0.2, 0) is 6.54 Å². The average molecular weight is 185 g/mol. The molecule has 0 bridgehead atoms. The van der Waals surface area contributed by atoms with E-state index in [1.807, 2.05) is 0 Å². The van der Waals surface area contributed by atoms with Crippen LogP contribution in [0.25, 0.3) is 0 Å². The molecule has 4 nitrogen and oxygen atoms in total. The van der Waals surface area contributed by atoms with Gasteiger partial charge < -0.3 is 0 Å². The molecule has 0 fully saturated rings. The molecule has 0 amide bonds. The van der Waals surface area contributed by atoms with Crippen LogP contribution in [0.15, 0.2) is 11.0 Å². The maximum absolute atomic E-state index is 10.7. The van der Waals surface area contributed by atoms with Crippen LogP contribution in [0.4, 0.5) is 0 Å². The quantitative estimate of drug-likeness (QED) is 0.717. The minimum Gasteiger partial charge on any atom is -0.297 e. The summed E-state index contributed by atoms with van der Waals surface area (Å²) in [5.74, 6) is 0. The summed E-state index contributed by atoms with van der Waals surface area (Å²) in [5.41, 5.74) is -0.243. The molecule has 0 spiro atoms. The average Bonchev–Trinajstić information content (AvgIpc) is 2.03. The van der Waals surface area contributed by atoms with Gasteiger partial charge in [0.2, 0.25) is 0 Å². The Hall–Kier alpha value is -0.970. The van der Waals surface area contributed by atoms with Gasteiger partial charge in [0.15, 0.2) is 4.77 Å². The summed E-state index contributed by atoms with van der Waals surface area (Å²) in [6.07, 6.45) is 3.35. The molecule has 0 unspecified atom stereocenters. The zero-order valence-corrected chi connectivity index (χ0v) is 7.73. The number of hydrogen-bond acceptors (Lipinski definition) is 3. The summed E-state index contributed by atoms with van der Waals surface area (Å²) in [4.78, 5) is 13.2. The third-order valence-electron chi connectivity index (χ3n) is 1.50. The van der Waals surface area contributed by atoms with E-state index in [2.05, 4.69) is 17.0 Å². The van der Waals surface area contributed by atoms with Crippen molar-refractivity contribution in [2.45, 2.75) is 26.3 Å². The van der Waals surface area contributed by atoms with Crippen molar-refractivity contribution in [2.24, 2.45) is 0 Å². The lowest BCUT2D eigenvalue weighted by molar-refractivity contribution is 0.537. The normalized spacial score (nSPS) is 10.1. The number of aromatic nitrogens is 3. The summed E-state index contributed by atoms with van der Waals surface area (Å²) in [6, 6.07) is 0. The molecule has 5 heteroatoms. The number of aryl methyl sites for hydroxylation is 1. The fourth-order valence-corrected chi connectivity index (χ4v) is 1.08. The zero-order chi connectivity index (χ0) is 8.97. The Morgan fingerprint density at radius 3 is 3.08 bits per heavy atom. The molecule has 0 aromatic carbocycles. The van der Waals surface area contributed by atoms with Crippen LogP contribution in [0, 0.1) is 4.77 Å². The SMILES string of the molecule is CCCCn1ncc(=O)[nH]c1=S. The molecule has 0 atom stereocenters. The van der Waals surface area contributed by atoms with Gasteiger partial charge in [0.25, 0.3) is 5.56 Å². The fourth-order valence-electron chi connectivity index (χ4n) is 0.844. The smallest absolute Gasteiger partial charge is 0.270 e. The van der Waals surface area contributed by atoms with Crippen LogP contribution in [-0.4, -0.2) is 14.8 Å². The van der Waals surface area contributed by atoms with Crippen LogP contribution in [0.1, 0.15) is 19.8 Å². The van der Waals surface area contributed by atoms with Gasteiger partial charge >= 0.3 is 0 Å². The second kappa shape index (κ2) is 4.15. The van der Waals surface area contributed by atoms with Crippen molar-refractivity contribution >= 4 is 12.2 Å². The number of nitrogens with one attached hydrogen (secondary N) is 1. The first-order chi connectivity index (χ1) is 5.74. The number of rotatable bonds is 3. The van der Waals surface area contributed by atoms with E-state index in [1.165, 1.54) is 6.20 Å². The molecule has 12 heavy (non-hydrogen) atoms. The van der Waals surface area contributed by atoms with E-state index in [0.29, 0.717) is 4.77 Å². The number of H-pyrrole nitrogens is 1. The van der Waals surface area contributed by atoms with Gasteiger partial charge in [0.05, 0.1) is 0 Å². The van der Waals surface area contributed by atoms with Gasteiger partial charge in [-0.25, -0.2) is 4.68 Å². The topological polar surface area (TPSA) is 50.7 Å². The second-order valence-electron chi connectivity index (χ2n) is 2.52. The van der Waals surface area contributed by atoms with Crippen molar-refractivity contribution in [3.05, 3.63) is 21.3 Å². The third kappa shape index (κ3) is 2.27. The van der Waals surface area contributed by atoms with E-state index in [9.17, 15) is 4.79 Å². The van der Waals surface area contributed by atoms with Crippen LogP contribution >= 0.6 is 12.2 Å². The fraction of sp³-hybridized carbons (Fsp3) is 0.571. The van der Waals surface area contributed by atoms with E-state index >= 15 is 0 Å². The number of hydrogen-bond donors (Lipinski definition) is 1. The summed E-state index contributed by atoms with van der Waals surface area (Å²) in [5, 5.41) is 3.88. The molecule has 1 N–H and O–H groups in total. The first-order valence-electron chi connectivity index (χ1n) is 3.90. The standard InChI is InChI=1S/C7H11N3OS/c1-2-3-4-10-7(12)9-6(11)5-8-10/h5H,2-4H2,1H3,(H,9,11,12). The zero-order valence-electron chi connectivity index (χ0n) is 6.91. The Morgan fingerprint density at radius 2 is 2.50 bits per heavy atom. The number of nitrogens with zero attached hydrogens (tertiary/aromatic N) is 2. The lowest BCUT2D eigenvalue weighted by Gasteiger charge is -2.01. The first-order valence-corrected chi connectivity index (χ1v) is 4.31. The highest BCUT2D eigenvalue weighted by Gasteiger charge is 1.92. The molecular weight excluding hydrogens is 174 g/mol. The van der Waals surface area contributed by atoms with E-state index in [4.69, 9.17) is 12.2 Å². The van der Waals surface area contributed by atoms with Crippen molar-refractivity contribution in [3.8, 4) is 0 Å². The van der Waals surface area contributed by atoms with Gasteiger partial charge in [-0.15, -0.1) is 0 Å². The Balaban J connectivity index is 2.87. The number of aromatic amines is 1. The Morgan fingerprint density at radius 1 is 1.75 bits per heavy atom. The predicted octanol–water partition coefficient (Wildman–Crippen LogP) is 1.10. The minimum absolute atomic E-state index is 0.243. The van der Waals surface area contributed by atoms with Gasteiger partial charge in [-0.3, -0.25) is 9.78 Å². The maximum Gasteiger partial charge on any atom is 0.270 e. The van der Waals surface area contributed by atoms with E-state index in [1.54, 1.807) is 4.68 Å². The van der Waals surface area contributed by atoms with Crippen LogP contribution < -0.4 is 5.56 Å². The van der Waals surface area contributed by atoms with Gasteiger partial charge in [0, 0.05) is 6.54 Å². The molecular formula is C7H11N3OS. The van der Waals surface area contributed by atoms with E-state index in [0.717, 1.165) is 19.4 Å². The summed E-state index contributed by atoms with van der Waals surface area (Å²) in [6.45, 7) is 2.86. The highest BCUT2D eigenvalue weighted by Crippen LogP contribution is 1.91. The lowest BCUT2D eigenvalue weighted by atomic mass is 10.3. The largest absolute Gasteiger partial charge is 0.297 e. The maximum atomic E-state index is 10.7. The predicted molar refractivity (Wildman–Crippen MR) is 48.6 cm³/mol. The van der Waals surface area contributed by atoms with Crippen molar-refractivity contribution < 1.29 is 0 Å². The Labute approximate surface area is 75.2 Å². The summed E-state index contributed by atoms with van der Waals surface area (Å²) >= 11 is 4.90. The van der Waals surface area contributed by atoms with Crippen LogP contribution in [0.2, 0.25) is 0 Å². The minimum atomic E-state index is -0.243. The van der Waals surface area contributed by atoms with Gasteiger partial charge in [0.1, 0.15) is 6.20 Å². The molecule has 0 aliphatic rings. The second-order valence-corrected chi connectivity index (χ2v) is 2.90. The van der Waals surface area contributed by atoms with Crippen molar-refractivity contribution in [1.29, 1.82) is 0 Å². The number of unbranched alkanes of at least 4 members (excludes halogenated alkanes) is 1. The van der Waals surface area contributed by atoms with E-state index in [-0.39, 0.29) is 5.56 Å². The third-order valence-corrected chi connectivity index (χ3v) is 1.82. The van der Waals surface area contributed by atoms with Crippen molar-refractivity contribution in [3.63, 3.8) is 0 Å². The molecule has 0 saturated heterocycles. The first kappa shape index (κ1) is 9.12. The molecule has 1 aromatic heterocycles. The molecule has 1 rings (SSSR count). The Kier molecular flexibility index (Phi) is 3.16. The molecule has 1 heterocycles. The lowest BCUT2D eigenvalue weighted by Crippen LogP contribution is -2.15. The van der Waals surface area contributed by atoms with Crippen molar-refractivity contribution in [2.75, 3.05) is 0 Å². The highest BCUT2D eigenvalue weighted by molar-refractivity contribution is 7.71.